The third kappa shape index (κ3) is 3.97. The third-order valence-electron chi connectivity index (χ3n) is 3.65. The van der Waals surface area contributed by atoms with Crippen LogP contribution in [-0.4, -0.2) is 23.3 Å². The van der Waals surface area contributed by atoms with Crippen molar-refractivity contribution in [1.82, 2.24) is 10.6 Å². The van der Waals surface area contributed by atoms with Crippen molar-refractivity contribution in [3.63, 3.8) is 0 Å². The highest BCUT2D eigenvalue weighted by Crippen LogP contribution is 2.28. The van der Waals surface area contributed by atoms with E-state index in [1.54, 1.807) is 12.1 Å². The van der Waals surface area contributed by atoms with Crippen molar-refractivity contribution in [2.45, 2.75) is 37.8 Å². The molecule has 0 spiro atoms. The van der Waals surface area contributed by atoms with Gasteiger partial charge in [0.1, 0.15) is 0 Å². The Labute approximate surface area is 118 Å². The number of carbonyl (C=O) groups excluding carboxylic acids is 1. The Bertz CT molecular complexity index is 499. The van der Waals surface area contributed by atoms with Crippen LogP contribution in [0.1, 0.15) is 36.8 Å². The van der Waals surface area contributed by atoms with Crippen LogP contribution in [0, 0.1) is 11.3 Å². The van der Waals surface area contributed by atoms with Gasteiger partial charge in [0, 0.05) is 13.1 Å². The van der Waals surface area contributed by atoms with E-state index in [2.05, 4.69) is 10.6 Å². The smallest absolute Gasteiger partial charge is 0.315 e. The number of nitrogens with one attached hydrogen (secondary N) is 2. The zero-order chi connectivity index (χ0) is 14.4. The van der Waals surface area contributed by atoms with Crippen LogP contribution in [-0.2, 0) is 6.54 Å². The number of nitriles is 1. The molecule has 0 bridgehead atoms. The Hall–Kier alpha value is -2.06. The minimum atomic E-state index is -0.730. The van der Waals surface area contributed by atoms with Crippen LogP contribution < -0.4 is 10.6 Å². The largest absolute Gasteiger partial charge is 0.388 e. The number of rotatable bonds is 4. The zero-order valence-corrected chi connectivity index (χ0v) is 11.4. The van der Waals surface area contributed by atoms with Gasteiger partial charge < -0.3 is 15.7 Å². The van der Waals surface area contributed by atoms with Crippen molar-refractivity contribution in [3.05, 3.63) is 35.4 Å². The van der Waals surface area contributed by atoms with E-state index in [0.29, 0.717) is 18.7 Å². The highest BCUT2D eigenvalue weighted by atomic mass is 16.3. The quantitative estimate of drug-likeness (QED) is 0.780. The molecule has 5 nitrogen and oxygen atoms in total. The Balaban J connectivity index is 1.73. The van der Waals surface area contributed by atoms with Crippen molar-refractivity contribution in [3.8, 4) is 6.07 Å². The van der Waals surface area contributed by atoms with Crippen LogP contribution >= 0.6 is 0 Å². The van der Waals surface area contributed by atoms with Crippen LogP contribution in [0.25, 0.3) is 0 Å². The summed E-state index contributed by atoms with van der Waals surface area (Å²) in [6.45, 7) is 0.697. The standard InChI is InChI=1S/C15H19N3O2/c16-9-12-3-5-13(6-4-12)10-17-14(19)18-11-15(20)7-1-2-8-15/h3-6,20H,1-2,7-8,10-11H2,(H2,17,18,19). The summed E-state index contributed by atoms with van der Waals surface area (Å²) in [6, 6.07) is 8.82. The van der Waals surface area contributed by atoms with Gasteiger partial charge >= 0.3 is 6.03 Å². The molecule has 3 N–H and O–H groups in total. The molecule has 2 amide bonds. The maximum absolute atomic E-state index is 11.7. The summed E-state index contributed by atoms with van der Waals surface area (Å²) < 4.78 is 0. The molecule has 1 aliphatic rings. The predicted molar refractivity (Wildman–Crippen MR) is 74.8 cm³/mol. The first kappa shape index (κ1) is 14.4. The van der Waals surface area contributed by atoms with E-state index in [9.17, 15) is 9.90 Å². The molecular weight excluding hydrogens is 254 g/mol. The molecule has 0 heterocycles. The number of urea groups is 1. The number of hydrogen-bond donors (Lipinski definition) is 3. The molecule has 0 aliphatic heterocycles. The van der Waals surface area contributed by atoms with Crippen molar-refractivity contribution in [2.75, 3.05) is 6.54 Å². The van der Waals surface area contributed by atoms with Crippen molar-refractivity contribution >= 4 is 6.03 Å². The molecule has 0 radical (unpaired) electrons. The lowest BCUT2D eigenvalue weighted by Crippen LogP contribution is -2.44. The fourth-order valence-electron chi connectivity index (χ4n) is 2.40. The second-order valence-corrected chi connectivity index (χ2v) is 5.28. The first-order valence-electron chi connectivity index (χ1n) is 6.84. The lowest BCUT2D eigenvalue weighted by atomic mass is 10.0. The second kappa shape index (κ2) is 6.40. The lowest BCUT2D eigenvalue weighted by molar-refractivity contribution is 0.0501. The average molecular weight is 273 g/mol. The summed E-state index contributed by atoms with van der Waals surface area (Å²) in [5.74, 6) is 0. The van der Waals surface area contributed by atoms with E-state index in [1.807, 2.05) is 18.2 Å². The fourth-order valence-corrected chi connectivity index (χ4v) is 2.40. The molecule has 2 rings (SSSR count). The molecule has 20 heavy (non-hydrogen) atoms. The molecule has 106 valence electrons. The Morgan fingerprint density at radius 3 is 2.50 bits per heavy atom. The maximum Gasteiger partial charge on any atom is 0.315 e. The molecule has 1 aromatic rings. The SMILES string of the molecule is N#Cc1ccc(CNC(=O)NCC2(O)CCCC2)cc1. The van der Waals surface area contributed by atoms with Gasteiger partial charge in [-0.3, -0.25) is 0 Å². The Kier molecular flexibility index (Phi) is 4.59. The van der Waals surface area contributed by atoms with E-state index in [0.717, 1.165) is 31.2 Å². The van der Waals surface area contributed by atoms with Gasteiger partial charge in [-0.2, -0.15) is 5.26 Å². The van der Waals surface area contributed by atoms with Crippen molar-refractivity contribution in [1.29, 1.82) is 5.26 Å². The summed E-state index contributed by atoms with van der Waals surface area (Å²) in [4.78, 5) is 11.7. The molecule has 1 aromatic carbocycles. The summed E-state index contributed by atoms with van der Waals surface area (Å²) in [5.41, 5.74) is 0.798. The van der Waals surface area contributed by atoms with Crippen LogP contribution in [0.5, 0.6) is 0 Å². The Morgan fingerprint density at radius 2 is 1.90 bits per heavy atom. The van der Waals surface area contributed by atoms with Gasteiger partial charge in [-0.25, -0.2) is 4.79 Å². The van der Waals surface area contributed by atoms with E-state index in [-0.39, 0.29) is 6.03 Å². The molecule has 0 unspecified atom stereocenters. The topological polar surface area (TPSA) is 85.2 Å². The third-order valence-corrected chi connectivity index (χ3v) is 3.65. The molecule has 1 saturated carbocycles. The van der Waals surface area contributed by atoms with E-state index >= 15 is 0 Å². The van der Waals surface area contributed by atoms with Gasteiger partial charge in [0.2, 0.25) is 0 Å². The first-order valence-corrected chi connectivity index (χ1v) is 6.84. The van der Waals surface area contributed by atoms with Crippen LogP contribution in [0.2, 0.25) is 0 Å². The summed E-state index contributed by atoms with van der Waals surface area (Å²) in [5, 5.41) is 24.2. The minimum absolute atomic E-state index is 0.283. The second-order valence-electron chi connectivity index (χ2n) is 5.28. The zero-order valence-electron chi connectivity index (χ0n) is 11.4. The number of carbonyl (C=O) groups is 1. The van der Waals surface area contributed by atoms with Gasteiger partial charge in [0.15, 0.2) is 0 Å². The molecule has 0 aromatic heterocycles. The van der Waals surface area contributed by atoms with E-state index in [1.165, 1.54) is 0 Å². The Morgan fingerprint density at radius 1 is 1.25 bits per heavy atom. The van der Waals surface area contributed by atoms with Gasteiger partial charge in [-0.05, 0) is 30.5 Å². The number of nitrogens with zero attached hydrogens (tertiary/aromatic N) is 1. The normalized spacial score (nSPS) is 16.4. The fraction of sp³-hybridized carbons (Fsp3) is 0.467. The van der Waals surface area contributed by atoms with Crippen LogP contribution in [0.3, 0.4) is 0 Å². The molecule has 5 heteroatoms. The first-order chi connectivity index (χ1) is 9.61. The van der Waals surface area contributed by atoms with E-state index < -0.39 is 5.60 Å². The summed E-state index contributed by atoms with van der Waals surface area (Å²) in [6.07, 6.45) is 3.54. The molecule has 0 atom stereocenters. The van der Waals surface area contributed by atoms with Gasteiger partial charge in [-0.15, -0.1) is 0 Å². The molecule has 1 fully saturated rings. The highest BCUT2D eigenvalue weighted by molar-refractivity contribution is 5.73. The minimum Gasteiger partial charge on any atom is -0.388 e. The van der Waals surface area contributed by atoms with Gasteiger partial charge in [0.05, 0.1) is 17.2 Å². The monoisotopic (exact) mass is 273 g/mol. The van der Waals surface area contributed by atoms with Crippen LogP contribution in [0.15, 0.2) is 24.3 Å². The number of amides is 2. The van der Waals surface area contributed by atoms with Crippen molar-refractivity contribution < 1.29 is 9.90 Å². The van der Waals surface area contributed by atoms with Crippen LogP contribution in [0.4, 0.5) is 4.79 Å². The van der Waals surface area contributed by atoms with Gasteiger partial charge in [-0.1, -0.05) is 25.0 Å². The number of hydrogen-bond acceptors (Lipinski definition) is 3. The summed E-state index contributed by atoms with van der Waals surface area (Å²) in [7, 11) is 0. The summed E-state index contributed by atoms with van der Waals surface area (Å²) >= 11 is 0. The number of aliphatic hydroxyl groups is 1. The molecule has 0 saturated heterocycles. The molecular formula is C15H19N3O2. The van der Waals surface area contributed by atoms with Gasteiger partial charge in [0.25, 0.3) is 0 Å². The number of benzene rings is 1. The maximum atomic E-state index is 11.7. The predicted octanol–water partition coefficient (Wildman–Crippen LogP) is 1.66. The van der Waals surface area contributed by atoms with E-state index in [4.69, 9.17) is 5.26 Å². The average Bonchev–Trinajstić information content (AvgIpc) is 2.91. The lowest BCUT2D eigenvalue weighted by Gasteiger charge is -2.22. The highest BCUT2D eigenvalue weighted by Gasteiger charge is 2.31. The van der Waals surface area contributed by atoms with Crippen molar-refractivity contribution in [2.24, 2.45) is 0 Å². The molecule has 1 aliphatic carbocycles.